The summed E-state index contributed by atoms with van der Waals surface area (Å²) in [6.07, 6.45) is -1.12. The van der Waals surface area contributed by atoms with Crippen LogP contribution in [0.25, 0.3) is 10.8 Å². The molecular formula is C27H24FN3O4. The quantitative estimate of drug-likeness (QED) is 0.410. The van der Waals surface area contributed by atoms with Crippen molar-refractivity contribution >= 4 is 22.6 Å². The van der Waals surface area contributed by atoms with Crippen molar-refractivity contribution < 1.29 is 18.7 Å². The molecular weight excluding hydrogens is 449 g/mol. The predicted molar refractivity (Wildman–Crippen MR) is 129 cm³/mol. The lowest BCUT2D eigenvalue weighted by Crippen LogP contribution is -2.37. The van der Waals surface area contributed by atoms with Crippen LogP contribution in [0.15, 0.2) is 83.7 Å². The summed E-state index contributed by atoms with van der Waals surface area (Å²) in [7, 11) is 0. The maximum Gasteiger partial charge on any atom is 0.360 e. The first-order chi connectivity index (χ1) is 16.8. The molecule has 1 N–H and O–H groups in total. The van der Waals surface area contributed by atoms with Gasteiger partial charge < -0.3 is 10.1 Å². The first-order valence-electron chi connectivity index (χ1n) is 11.1. The van der Waals surface area contributed by atoms with Gasteiger partial charge in [-0.1, -0.05) is 60.7 Å². The van der Waals surface area contributed by atoms with Crippen LogP contribution < -0.4 is 10.9 Å². The minimum absolute atomic E-state index is 0.0534. The van der Waals surface area contributed by atoms with Crippen molar-refractivity contribution in [2.45, 2.75) is 32.5 Å². The molecule has 1 amide bonds. The van der Waals surface area contributed by atoms with Gasteiger partial charge in [0.15, 0.2) is 11.8 Å². The van der Waals surface area contributed by atoms with Gasteiger partial charge >= 0.3 is 5.97 Å². The molecule has 1 heterocycles. The fourth-order valence-electron chi connectivity index (χ4n) is 3.68. The fourth-order valence-corrected chi connectivity index (χ4v) is 3.68. The van der Waals surface area contributed by atoms with Crippen LogP contribution >= 0.6 is 0 Å². The summed E-state index contributed by atoms with van der Waals surface area (Å²) in [6, 6.07) is 21.3. The number of carbonyl (C=O) groups excluding carboxylic acids is 2. The third-order valence-corrected chi connectivity index (χ3v) is 5.62. The van der Waals surface area contributed by atoms with E-state index in [4.69, 9.17) is 4.74 Å². The average Bonchev–Trinajstić information content (AvgIpc) is 2.86. The molecule has 8 heteroatoms. The molecule has 35 heavy (non-hydrogen) atoms. The highest BCUT2D eigenvalue weighted by Gasteiger charge is 2.24. The second-order valence-corrected chi connectivity index (χ2v) is 8.17. The molecule has 4 aromatic rings. The minimum Gasteiger partial charge on any atom is -0.448 e. The Kier molecular flexibility index (Phi) is 7.01. The zero-order chi connectivity index (χ0) is 24.9. The molecule has 0 aliphatic carbocycles. The molecule has 4 rings (SSSR count). The number of hydrogen-bond acceptors (Lipinski definition) is 5. The van der Waals surface area contributed by atoms with Gasteiger partial charge in [0.25, 0.3) is 11.5 Å². The number of amides is 1. The van der Waals surface area contributed by atoms with Crippen LogP contribution in [0.1, 0.15) is 41.5 Å². The van der Waals surface area contributed by atoms with Gasteiger partial charge in [0, 0.05) is 5.39 Å². The normalized spacial score (nSPS) is 12.7. The number of nitrogens with one attached hydrogen (secondary N) is 1. The van der Waals surface area contributed by atoms with Crippen molar-refractivity contribution in [2.24, 2.45) is 0 Å². The summed E-state index contributed by atoms with van der Waals surface area (Å²) < 4.78 is 19.8. The van der Waals surface area contributed by atoms with E-state index < -0.39 is 24.0 Å². The van der Waals surface area contributed by atoms with Gasteiger partial charge in [0.2, 0.25) is 0 Å². The Morgan fingerprint density at radius 2 is 1.57 bits per heavy atom. The van der Waals surface area contributed by atoms with Crippen molar-refractivity contribution in [2.75, 3.05) is 0 Å². The van der Waals surface area contributed by atoms with E-state index in [1.165, 1.54) is 23.7 Å². The molecule has 0 saturated heterocycles. The number of halogens is 1. The van der Waals surface area contributed by atoms with Crippen LogP contribution in [-0.4, -0.2) is 27.8 Å². The molecule has 1 aromatic heterocycles. The monoisotopic (exact) mass is 473 g/mol. The van der Waals surface area contributed by atoms with Crippen molar-refractivity contribution in [3.05, 3.63) is 112 Å². The third-order valence-electron chi connectivity index (χ3n) is 5.62. The van der Waals surface area contributed by atoms with Gasteiger partial charge in [0.1, 0.15) is 5.82 Å². The van der Waals surface area contributed by atoms with Crippen molar-refractivity contribution in [1.29, 1.82) is 0 Å². The lowest BCUT2D eigenvalue weighted by molar-refractivity contribution is -0.129. The molecule has 2 unspecified atom stereocenters. The summed E-state index contributed by atoms with van der Waals surface area (Å²) >= 11 is 0. The summed E-state index contributed by atoms with van der Waals surface area (Å²) in [6.45, 7) is 3.37. The zero-order valence-electron chi connectivity index (χ0n) is 19.3. The molecule has 2 atom stereocenters. The van der Waals surface area contributed by atoms with E-state index in [1.807, 2.05) is 30.3 Å². The Morgan fingerprint density at radius 3 is 2.26 bits per heavy atom. The number of ether oxygens (including phenoxy) is 1. The zero-order valence-corrected chi connectivity index (χ0v) is 19.3. The van der Waals surface area contributed by atoms with Crippen LogP contribution in [0, 0.1) is 5.82 Å². The summed E-state index contributed by atoms with van der Waals surface area (Å²) in [5.41, 5.74) is 1.17. The van der Waals surface area contributed by atoms with Crippen molar-refractivity contribution in [3.8, 4) is 0 Å². The number of aromatic nitrogens is 2. The number of nitrogens with zero attached hydrogens (tertiary/aromatic N) is 2. The highest BCUT2D eigenvalue weighted by molar-refractivity contribution is 6.02. The third kappa shape index (κ3) is 5.43. The molecule has 3 aromatic carbocycles. The fraction of sp³-hybridized carbons (Fsp3) is 0.185. The van der Waals surface area contributed by atoms with Crippen molar-refractivity contribution in [3.63, 3.8) is 0 Å². The molecule has 0 fully saturated rings. The van der Waals surface area contributed by atoms with E-state index in [-0.39, 0.29) is 23.6 Å². The Hall–Kier alpha value is -4.33. The summed E-state index contributed by atoms with van der Waals surface area (Å²) in [5.74, 6) is -1.71. The Labute approximate surface area is 201 Å². The number of rotatable bonds is 7. The second-order valence-electron chi connectivity index (χ2n) is 8.17. The van der Waals surface area contributed by atoms with E-state index >= 15 is 0 Å². The van der Waals surface area contributed by atoms with Crippen molar-refractivity contribution in [1.82, 2.24) is 15.1 Å². The number of esters is 1. The Morgan fingerprint density at radius 1 is 0.943 bits per heavy atom. The standard InChI is InChI=1S/C27H24FN3O4/c1-17(20-12-14-21(28)15-13-20)29-25(32)18(2)35-27(34)24-22-10-6-7-11-23(22)26(33)31(30-24)16-19-8-4-3-5-9-19/h3-15,17-18H,16H2,1-2H3,(H,29,32). The van der Waals surface area contributed by atoms with E-state index in [2.05, 4.69) is 10.4 Å². The van der Waals surface area contributed by atoms with Crippen LogP contribution in [0.2, 0.25) is 0 Å². The Balaban J connectivity index is 1.55. The number of hydrogen-bond donors (Lipinski definition) is 1. The molecule has 178 valence electrons. The average molecular weight is 474 g/mol. The topological polar surface area (TPSA) is 90.3 Å². The van der Waals surface area contributed by atoms with E-state index in [9.17, 15) is 18.8 Å². The number of benzene rings is 3. The van der Waals surface area contributed by atoms with E-state index in [0.29, 0.717) is 16.3 Å². The Bertz CT molecular complexity index is 1420. The molecule has 0 radical (unpaired) electrons. The van der Waals surface area contributed by atoms with Crippen LogP contribution in [0.5, 0.6) is 0 Å². The number of fused-ring (bicyclic) bond motifs is 1. The molecule has 0 bridgehead atoms. The first-order valence-corrected chi connectivity index (χ1v) is 11.1. The van der Waals surface area contributed by atoms with Gasteiger partial charge in [0.05, 0.1) is 18.0 Å². The van der Waals surface area contributed by atoms with E-state index in [1.54, 1.807) is 43.3 Å². The maximum absolute atomic E-state index is 13.2. The largest absolute Gasteiger partial charge is 0.448 e. The predicted octanol–water partition coefficient (Wildman–Crippen LogP) is 4.01. The smallest absolute Gasteiger partial charge is 0.360 e. The van der Waals surface area contributed by atoms with Crippen LogP contribution in [0.3, 0.4) is 0 Å². The highest BCUT2D eigenvalue weighted by atomic mass is 19.1. The second kappa shape index (κ2) is 10.3. The van der Waals surface area contributed by atoms with Crippen LogP contribution in [-0.2, 0) is 16.1 Å². The molecule has 7 nitrogen and oxygen atoms in total. The van der Waals surface area contributed by atoms with Gasteiger partial charge in [-0.15, -0.1) is 0 Å². The lowest BCUT2D eigenvalue weighted by Gasteiger charge is -2.18. The first kappa shape index (κ1) is 23.8. The molecule has 0 spiro atoms. The summed E-state index contributed by atoms with van der Waals surface area (Å²) in [4.78, 5) is 38.7. The molecule has 0 aliphatic rings. The number of carbonyl (C=O) groups is 2. The van der Waals surface area contributed by atoms with Gasteiger partial charge in [-0.25, -0.2) is 13.9 Å². The van der Waals surface area contributed by atoms with Gasteiger partial charge in [-0.3, -0.25) is 9.59 Å². The minimum atomic E-state index is -1.12. The summed E-state index contributed by atoms with van der Waals surface area (Å²) in [5, 5.41) is 7.71. The lowest BCUT2D eigenvalue weighted by atomic mass is 10.1. The van der Waals surface area contributed by atoms with Gasteiger partial charge in [-0.2, -0.15) is 5.10 Å². The highest BCUT2D eigenvalue weighted by Crippen LogP contribution is 2.17. The van der Waals surface area contributed by atoms with Crippen LogP contribution in [0.4, 0.5) is 4.39 Å². The molecule has 0 saturated carbocycles. The molecule has 0 aliphatic heterocycles. The maximum atomic E-state index is 13.2. The SMILES string of the molecule is CC(OC(=O)c1nn(Cc2ccccc2)c(=O)c2ccccc12)C(=O)NC(C)c1ccc(F)cc1. The van der Waals surface area contributed by atoms with Gasteiger partial charge in [-0.05, 0) is 43.2 Å². The van der Waals surface area contributed by atoms with E-state index in [0.717, 1.165) is 5.56 Å².